The summed E-state index contributed by atoms with van der Waals surface area (Å²) in [6, 6.07) is 10.3. The Bertz CT molecular complexity index is 877. The summed E-state index contributed by atoms with van der Waals surface area (Å²) in [7, 11) is 0. The van der Waals surface area contributed by atoms with E-state index in [9.17, 15) is 9.90 Å². The lowest BCUT2D eigenvalue weighted by Crippen LogP contribution is -2.15. The minimum absolute atomic E-state index is 0.0235. The molecule has 3 aromatic rings. The minimum atomic E-state index is -0.397. The molecule has 2 aromatic heterocycles. The van der Waals surface area contributed by atoms with Crippen LogP contribution in [0.4, 0.5) is 5.69 Å². The fraction of sp³-hybridized carbons (Fsp3) is 0.222. The number of phenolic OH excluding ortho intramolecular Hbond substituents is 1. The summed E-state index contributed by atoms with van der Waals surface area (Å²) < 4.78 is 1.61. The highest BCUT2D eigenvalue weighted by Crippen LogP contribution is 2.29. The van der Waals surface area contributed by atoms with Crippen molar-refractivity contribution in [3.05, 3.63) is 60.3 Å². The lowest BCUT2D eigenvalue weighted by atomic mass is 9.98. The van der Waals surface area contributed by atoms with Crippen LogP contribution >= 0.6 is 0 Å². The van der Waals surface area contributed by atoms with E-state index >= 15 is 0 Å². The van der Waals surface area contributed by atoms with E-state index in [-0.39, 0.29) is 11.4 Å². The van der Waals surface area contributed by atoms with Crippen LogP contribution in [-0.4, -0.2) is 30.8 Å². The molecule has 0 unspecified atom stereocenters. The molecule has 1 amide bonds. The van der Waals surface area contributed by atoms with Crippen molar-refractivity contribution < 1.29 is 9.90 Å². The van der Waals surface area contributed by atoms with Gasteiger partial charge in [-0.15, -0.1) is 10.2 Å². The number of aromatic nitrogens is 4. The predicted octanol–water partition coefficient (Wildman–Crippen LogP) is 3.13. The fourth-order valence-electron chi connectivity index (χ4n) is 2.39. The Morgan fingerprint density at radius 2 is 2.00 bits per heavy atom. The fourth-order valence-corrected chi connectivity index (χ4v) is 2.39. The highest BCUT2D eigenvalue weighted by molar-refractivity contribution is 6.03. The Morgan fingerprint density at radius 1 is 1.24 bits per heavy atom. The quantitative estimate of drug-likeness (QED) is 0.698. The van der Waals surface area contributed by atoms with Crippen LogP contribution in [0.15, 0.2) is 49.1 Å². The van der Waals surface area contributed by atoms with Crippen LogP contribution < -0.4 is 5.32 Å². The maximum Gasteiger partial charge on any atom is 0.274 e. The summed E-state index contributed by atoms with van der Waals surface area (Å²) in [5, 5.41) is 20.2. The van der Waals surface area contributed by atoms with Crippen molar-refractivity contribution in [2.75, 3.05) is 5.32 Å². The van der Waals surface area contributed by atoms with E-state index in [1.54, 1.807) is 34.9 Å². The van der Waals surface area contributed by atoms with Gasteiger partial charge in [0, 0.05) is 0 Å². The Kier molecular flexibility index (Phi) is 4.74. The van der Waals surface area contributed by atoms with E-state index in [0.29, 0.717) is 17.4 Å². The molecule has 0 saturated heterocycles. The number of nitrogens with one attached hydrogen (secondary N) is 1. The standard InChI is InChI=1S/C18H19N5O2/c1-3-12(2)13-7-8-16(24)15(9-13)22-18(25)14-5-4-6-17(21-14)23-10-19-20-11-23/h4-12,24H,3H2,1-2H3,(H,22,25)/t12-/m0/s1. The molecule has 25 heavy (non-hydrogen) atoms. The number of anilines is 1. The molecule has 2 heterocycles. The average molecular weight is 337 g/mol. The van der Waals surface area contributed by atoms with E-state index in [2.05, 4.69) is 34.3 Å². The van der Waals surface area contributed by atoms with Crippen molar-refractivity contribution in [2.24, 2.45) is 0 Å². The van der Waals surface area contributed by atoms with Crippen LogP contribution in [0.3, 0.4) is 0 Å². The molecule has 7 nitrogen and oxygen atoms in total. The number of nitrogens with zero attached hydrogens (tertiary/aromatic N) is 4. The van der Waals surface area contributed by atoms with Gasteiger partial charge >= 0.3 is 0 Å². The third kappa shape index (κ3) is 3.65. The van der Waals surface area contributed by atoms with Crippen LogP contribution in [0, 0.1) is 0 Å². The SMILES string of the molecule is CC[C@H](C)c1ccc(O)c(NC(=O)c2cccc(-n3cnnc3)n2)c1. The highest BCUT2D eigenvalue weighted by Gasteiger charge is 2.13. The number of benzene rings is 1. The summed E-state index contributed by atoms with van der Waals surface area (Å²) in [4.78, 5) is 16.8. The van der Waals surface area contributed by atoms with Crippen molar-refractivity contribution in [2.45, 2.75) is 26.2 Å². The van der Waals surface area contributed by atoms with Gasteiger partial charge in [-0.2, -0.15) is 0 Å². The molecule has 0 bridgehead atoms. The molecule has 0 saturated carbocycles. The third-order valence-electron chi connectivity index (χ3n) is 4.10. The van der Waals surface area contributed by atoms with Crippen molar-refractivity contribution in [1.29, 1.82) is 0 Å². The number of phenols is 1. The molecule has 0 radical (unpaired) electrons. The molecular formula is C18H19N5O2. The molecule has 0 aliphatic rings. The van der Waals surface area contributed by atoms with Gasteiger partial charge in [-0.3, -0.25) is 9.36 Å². The highest BCUT2D eigenvalue weighted by atomic mass is 16.3. The van der Waals surface area contributed by atoms with Gasteiger partial charge in [-0.1, -0.05) is 26.0 Å². The zero-order valence-electron chi connectivity index (χ0n) is 14.0. The number of hydrogen-bond donors (Lipinski definition) is 2. The molecule has 0 spiro atoms. The van der Waals surface area contributed by atoms with E-state index in [1.807, 2.05) is 6.07 Å². The average Bonchev–Trinajstić information content (AvgIpc) is 3.17. The van der Waals surface area contributed by atoms with Crippen molar-refractivity contribution in [3.8, 4) is 11.6 Å². The zero-order valence-corrected chi connectivity index (χ0v) is 14.0. The molecule has 3 rings (SSSR count). The van der Waals surface area contributed by atoms with E-state index in [4.69, 9.17) is 0 Å². The number of aromatic hydroxyl groups is 1. The first-order valence-corrected chi connectivity index (χ1v) is 8.04. The molecule has 1 atom stereocenters. The number of carbonyl (C=O) groups excluding carboxylic acids is 1. The van der Waals surface area contributed by atoms with Gasteiger partial charge in [0.15, 0.2) is 0 Å². The second-order valence-electron chi connectivity index (χ2n) is 5.79. The van der Waals surface area contributed by atoms with Gasteiger partial charge in [0.25, 0.3) is 5.91 Å². The summed E-state index contributed by atoms with van der Waals surface area (Å²) in [6.45, 7) is 4.19. The van der Waals surface area contributed by atoms with Gasteiger partial charge < -0.3 is 10.4 Å². The first kappa shape index (κ1) is 16.6. The molecule has 0 aliphatic heterocycles. The maximum atomic E-state index is 12.5. The lowest BCUT2D eigenvalue weighted by Gasteiger charge is -2.13. The Labute approximate surface area is 145 Å². The van der Waals surface area contributed by atoms with Gasteiger partial charge in [-0.25, -0.2) is 4.98 Å². The number of carbonyl (C=O) groups is 1. The van der Waals surface area contributed by atoms with Gasteiger partial charge in [-0.05, 0) is 42.2 Å². The molecule has 2 N–H and O–H groups in total. The molecule has 0 fully saturated rings. The van der Waals surface area contributed by atoms with Gasteiger partial charge in [0.2, 0.25) is 0 Å². The zero-order chi connectivity index (χ0) is 17.8. The molecular weight excluding hydrogens is 318 g/mol. The third-order valence-corrected chi connectivity index (χ3v) is 4.10. The van der Waals surface area contributed by atoms with Crippen molar-refractivity contribution in [1.82, 2.24) is 19.7 Å². The Balaban J connectivity index is 1.84. The van der Waals surface area contributed by atoms with Crippen LogP contribution in [0.25, 0.3) is 5.82 Å². The summed E-state index contributed by atoms with van der Waals surface area (Å²) in [5.41, 5.74) is 1.67. The molecule has 1 aromatic carbocycles. The Morgan fingerprint density at radius 3 is 2.72 bits per heavy atom. The van der Waals surface area contributed by atoms with E-state index in [0.717, 1.165) is 12.0 Å². The summed E-state index contributed by atoms with van der Waals surface area (Å²) >= 11 is 0. The molecule has 128 valence electrons. The minimum Gasteiger partial charge on any atom is -0.506 e. The largest absolute Gasteiger partial charge is 0.506 e. The number of hydrogen-bond acceptors (Lipinski definition) is 5. The number of amides is 1. The first-order valence-electron chi connectivity index (χ1n) is 8.04. The second kappa shape index (κ2) is 7.12. The molecule has 7 heteroatoms. The predicted molar refractivity (Wildman–Crippen MR) is 93.9 cm³/mol. The maximum absolute atomic E-state index is 12.5. The molecule has 0 aliphatic carbocycles. The van der Waals surface area contributed by atoms with E-state index < -0.39 is 5.91 Å². The second-order valence-corrected chi connectivity index (χ2v) is 5.79. The normalized spacial score (nSPS) is 11.9. The summed E-state index contributed by atoms with van der Waals surface area (Å²) in [6.07, 6.45) is 3.98. The Hall–Kier alpha value is -3.22. The first-order chi connectivity index (χ1) is 12.1. The van der Waals surface area contributed by atoms with Crippen molar-refractivity contribution >= 4 is 11.6 Å². The smallest absolute Gasteiger partial charge is 0.274 e. The van der Waals surface area contributed by atoms with Crippen LogP contribution in [0.2, 0.25) is 0 Å². The van der Waals surface area contributed by atoms with Crippen LogP contribution in [0.5, 0.6) is 5.75 Å². The van der Waals surface area contributed by atoms with Crippen LogP contribution in [-0.2, 0) is 0 Å². The van der Waals surface area contributed by atoms with Gasteiger partial charge in [0.05, 0.1) is 5.69 Å². The van der Waals surface area contributed by atoms with Gasteiger partial charge in [0.1, 0.15) is 29.9 Å². The monoisotopic (exact) mass is 337 g/mol. The lowest BCUT2D eigenvalue weighted by molar-refractivity contribution is 0.102. The number of rotatable bonds is 5. The number of pyridine rings is 1. The van der Waals surface area contributed by atoms with E-state index in [1.165, 1.54) is 12.7 Å². The topological polar surface area (TPSA) is 92.9 Å². The van der Waals surface area contributed by atoms with Crippen LogP contribution in [0.1, 0.15) is 42.2 Å². The summed E-state index contributed by atoms with van der Waals surface area (Å²) in [5.74, 6) is 0.503. The van der Waals surface area contributed by atoms with Crippen molar-refractivity contribution in [3.63, 3.8) is 0 Å².